The summed E-state index contributed by atoms with van der Waals surface area (Å²) in [5.74, 6) is 0.324. The van der Waals surface area contributed by atoms with E-state index in [9.17, 15) is 9.18 Å². The zero-order valence-corrected chi connectivity index (χ0v) is 10.0. The van der Waals surface area contributed by atoms with Crippen LogP contribution in [0.15, 0.2) is 0 Å². The summed E-state index contributed by atoms with van der Waals surface area (Å²) < 4.78 is 9.50. The molecule has 94 valence electrons. The van der Waals surface area contributed by atoms with Gasteiger partial charge in [0.05, 0.1) is 13.7 Å². The van der Waals surface area contributed by atoms with E-state index in [0.29, 0.717) is 19.6 Å². The van der Waals surface area contributed by atoms with Crippen LogP contribution in [0, 0.1) is 0 Å². The third-order valence-electron chi connectivity index (χ3n) is 3.03. The standard InChI is InChI=1S/C10H19N3O.CH3F/c14-10(13-5-1-2-6-13)9-12-7-3-11-4-8-12;1-2/h11H,1-9H2;1H3. The van der Waals surface area contributed by atoms with Crippen LogP contribution in [-0.4, -0.2) is 68.7 Å². The summed E-state index contributed by atoms with van der Waals surface area (Å²) in [5.41, 5.74) is 0. The van der Waals surface area contributed by atoms with Gasteiger partial charge in [-0.15, -0.1) is 0 Å². The van der Waals surface area contributed by atoms with Crippen LogP contribution in [-0.2, 0) is 4.79 Å². The fraction of sp³-hybridized carbons (Fsp3) is 0.909. The van der Waals surface area contributed by atoms with Crippen LogP contribution in [0.2, 0.25) is 0 Å². The quantitative estimate of drug-likeness (QED) is 0.732. The summed E-state index contributed by atoms with van der Waals surface area (Å²) in [4.78, 5) is 16.0. The van der Waals surface area contributed by atoms with Gasteiger partial charge in [0.2, 0.25) is 5.91 Å². The Morgan fingerprint density at radius 2 is 1.69 bits per heavy atom. The van der Waals surface area contributed by atoms with E-state index in [2.05, 4.69) is 10.2 Å². The van der Waals surface area contributed by atoms with Crippen molar-refractivity contribution in [2.45, 2.75) is 12.8 Å². The van der Waals surface area contributed by atoms with Crippen molar-refractivity contribution in [2.75, 3.05) is 53.0 Å². The maximum atomic E-state index is 11.8. The van der Waals surface area contributed by atoms with Crippen molar-refractivity contribution < 1.29 is 9.18 Å². The summed E-state index contributed by atoms with van der Waals surface area (Å²) in [6.07, 6.45) is 2.38. The van der Waals surface area contributed by atoms with Gasteiger partial charge >= 0.3 is 0 Å². The molecule has 2 fully saturated rings. The number of carbonyl (C=O) groups is 1. The van der Waals surface area contributed by atoms with E-state index < -0.39 is 0 Å². The molecule has 2 saturated heterocycles. The van der Waals surface area contributed by atoms with Crippen molar-refractivity contribution in [2.24, 2.45) is 0 Å². The van der Waals surface area contributed by atoms with Crippen molar-refractivity contribution in [3.05, 3.63) is 0 Å². The van der Waals surface area contributed by atoms with Crippen molar-refractivity contribution in [1.82, 2.24) is 15.1 Å². The summed E-state index contributed by atoms with van der Waals surface area (Å²) >= 11 is 0. The molecule has 5 heteroatoms. The lowest BCUT2D eigenvalue weighted by Gasteiger charge is -2.28. The van der Waals surface area contributed by atoms with Crippen molar-refractivity contribution in [3.8, 4) is 0 Å². The Kier molecular flexibility index (Phi) is 6.33. The number of hydrogen-bond donors (Lipinski definition) is 1. The molecule has 0 saturated carbocycles. The predicted molar refractivity (Wildman–Crippen MR) is 62.2 cm³/mol. The first-order valence-corrected chi connectivity index (χ1v) is 5.95. The predicted octanol–water partition coefficient (Wildman–Crippen LogP) is 0.0997. The Morgan fingerprint density at radius 3 is 2.25 bits per heavy atom. The van der Waals surface area contributed by atoms with Crippen LogP contribution in [0.3, 0.4) is 0 Å². The number of carbonyl (C=O) groups excluding carboxylic acids is 1. The molecule has 16 heavy (non-hydrogen) atoms. The van der Waals surface area contributed by atoms with E-state index >= 15 is 0 Å². The highest BCUT2D eigenvalue weighted by molar-refractivity contribution is 5.78. The van der Waals surface area contributed by atoms with Gasteiger partial charge in [-0.1, -0.05) is 0 Å². The smallest absolute Gasteiger partial charge is 0.236 e. The molecule has 2 rings (SSSR count). The Hall–Kier alpha value is -0.680. The van der Waals surface area contributed by atoms with E-state index in [0.717, 1.165) is 39.3 Å². The molecule has 0 spiro atoms. The molecule has 2 aliphatic heterocycles. The van der Waals surface area contributed by atoms with E-state index in [1.165, 1.54) is 12.8 Å². The Bertz CT molecular complexity index is 201. The molecule has 4 nitrogen and oxygen atoms in total. The maximum absolute atomic E-state index is 11.8. The summed E-state index contributed by atoms with van der Waals surface area (Å²) in [6, 6.07) is 0. The molecule has 0 aliphatic carbocycles. The largest absolute Gasteiger partial charge is 0.342 e. The molecule has 1 N–H and O–H groups in total. The van der Waals surface area contributed by atoms with Crippen molar-refractivity contribution >= 4 is 5.91 Å². The SMILES string of the molecule is CF.O=C(CN1CCNCC1)N1CCCC1. The average molecular weight is 231 g/mol. The average Bonchev–Trinajstić information content (AvgIpc) is 2.86. The van der Waals surface area contributed by atoms with Gasteiger partial charge in [0.15, 0.2) is 0 Å². The second-order valence-electron chi connectivity index (χ2n) is 4.11. The Labute approximate surface area is 96.8 Å². The molecule has 2 aliphatic rings. The number of likely N-dealkylation sites (tertiary alicyclic amines) is 1. The molecular weight excluding hydrogens is 209 g/mol. The molecular formula is C11H22FN3O. The highest BCUT2D eigenvalue weighted by atomic mass is 19.1. The molecule has 0 aromatic heterocycles. The van der Waals surface area contributed by atoms with E-state index in [4.69, 9.17) is 0 Å². The molecule has 0 bridgehead atoms. The van der Waals surface area contributed by atoms with Gasteiger partial charge in [-0.05, 0) is 12.8 Å². The maximum Gasteiger partial charge on any atom is 0.236 e. The third-order valence-corrected chi connectivity index (χ3v) is 3.03. The Morgan fingerprint density at radius 1 is 1.12 bits per heavy atom. The van der Waals surface area contributed by atoms with Gasteiger partial charge in [-0.25, -0.2) is 0 Å². The van der Waals surface area contributed by atoms with Gasteiger partial charge in [-0.2, -0.15) is 0 Å². The highest BCUT2D eigenvalue weighted by Gasteiger charge is 2.20. The normalized spacial score (nSPS) is 21.5. The van der Waals surface area contributed by atoms with Crippen LogP contribution in [0.5, 0.6) is 0 Å². The first kappa shape index (κ1) is 13.4. The van der Waals surface area contributed by atoms with Gasteiger partial charge in [0.1, 0.15) is 0 Å². The highest BCUT2D eigenvalue weighted by Crippen LogP contribution is 2.08. The lowest BCUT2D eigenvalue weighted by molar-refractivity contribution is -0.131. The zero-order chi connectivity index (χ0) is 11.8. The number of amides is 1. The minimum absolute atomic E-state index is 0.324. The van der Waals surface area contributed by atoms with Crippen LogP contribution < -0.4 is 5.32 Å². The number of halogens is 1. The number of hydrogen-bond acceptors (Lipinski definition) is 3. The second kappa shape index (κ2) is 7.57. The monoisotopic (exact) mass is 231 g/mol. The molecule has 1 amide bonds. The van der Waals surface area contributed by atoms with Gasteiger partial charge < -0.3 is 10.2 Å². The molecule has 0 aromatic carbocycles. The van der Waals surface area contributed by atoms with E-state index in [1.54, 1.807) is 0 Å². The third kappa shape index (κ3) is 4.06. The summed E-state index contributed by atoms with van der Waals surface area (Å²) in [6.45, 7) is 6.65. The molecule has 0 unspecified atom stereocenters. The van der Waals surface area contributed by atoms with Gasteiger partial charge in [0, 0.05) is 39.3 Å². The first-order chi connectivity index (χ1) is 7.86. The number of nitrogens with zero attached hydrogens (tertiary/aromatic N) is 2. The lowest BCUT2D eigenvalue weighted by atomic mass is 10.3. The summed E-state index contributed by atoms with van der Waals surface area (Å²) in [5, 5.41) is 3.29. The van der Waals surface area contributed by atoms with Crippen LogP contribution >= 0.6 is 0 Å². The number of alkyl halides is 1. The van der Waals surface area contributed by atoms with Crippen molar-refractivity contribution in [3.63, 3.8) is 0 Å². The fourth-order valence-electron chi connectivity index (χ4n) is 2.13. The molecule has 0 aromatic rings. The first-order valence-electron chi connectivity index (χ1n) is 5.95. The summed E-state index contributed by atoms with van der Waals surface area (Å²) in [7, 11) is 0.500. The minimum Gasteiger partial charge on any atom is -0.342 e. The molecule has 2 heterocycles. The number of piperazine rings is 1. The van der Waals surface area contributed by atoms with E-state index in [1.807, 2.05) is 4.90 Å². The van der Waals surface area contributed by atoms with E-state index in [-0.39, 0.29) is 0 Å². The van der Waals surface area contributed by atoms with Crippen LogP contribution in [0.1, 0.15) is 12.8 Å². The van der Waals surface area contributed by atoms with Gasteiger partial charge in [-0.3, -0.25) is 14.1 Å². The molecule has 0 atom stereocenters. The Balaban J connectivity index is 0.000000606. The topological polar surface area (TPSA) is 35.6 Å². The lowest BCUT2D eigenvalue weighted by Crippen LogP contribution is -2.48. The van der Waals surface area contributed by atoms with Crippen molar-refractivity contribution in [1.29, 1.82) is 0 Å². The number of nitrogens with one attached hydrogen (secondary N) is 1. The molecule has 0 radical (unpaired) electrons. The second-order valence-corrected chi connectivity index (χ2v) is 4.11. The van der Waals surface area contributed by atoms with Crippen LogP contribution in [0.4, 0.5) is 4.39 Å². The minimum atomic E-state index is 0.324. The zero-order valence-electron chi connectivity index (χ0n) is 10.0. The van der Waals surface area contributed by atoms with Crippen LogP contribution in [0.25, 0.3) is 0 Å². The van der Waals surface area contributed by atoms with Gasteiger partial charge in [0.25, 0.3) is 0 Å². The fourth-order valence-corrected chi connectivity index (χ4v) is 2.13. The number of rotatable bonds is 2.